The van der Waals surface area contributed by atoms with E-state index in [1.807, 2.05) is 0 Å². The maximum Gasteiger partial charge on any atom is 0.573 e. The summed E-state index contributed by atoms with van der Waals surface area (Å²) in [5.74, 6) is -0.336. The van der Waals surface area contributed by atoms with Crippen LogP contribution in [0.3, 0.4) is 0 Å². The molecule has 1 amide bonds. The molecule has 0 fully saturated rings. The van der Waals surface area contributed by atoms with Gasteiger partial charge in [-0.3, -0.25) is 4.79 Å². The van der Waals surface area contributed by atoms with E-state index in [4.69, 9.17) is 4.52 Å². The Morgan fingerprint density at radius 3 is 2.71 bits per heavy atom. The Morgan fingerprint density at radius 1 is 1.29 bits per heavy atom. The van der Waals surface area contributed by atoms with E-state index in [0.29, 0.717) is 39.4 Å². The van der Waals surface area contributed by atoms with E-state index in [1.165, 1.54) is 30.3 Å². The van der Waals surface area contributed by atoms with Crippen molar-refractivity contribution in [3.8, 4) is 11.5 Å². The number of benzene rings is 2. The van der Waals surface area contributed by atoms with Crippen LogP contribution < -0.4 is 10.1 Å². The summed E-state index contributed by atoms with van der Waals surface area (Å²) in [5, 5.41) is 16.8. The highest BCUT2D eigenvalue weighted by Crippen LogP contribution is 2.39. The van der Waals surface area contributed by atoms with Crippen LogP contribution in [0.2, 0.25) is 0 Å². The molecule has 0 radical (unpaired) electrons. The summed E-state index contributed by atoms with van der Waals surface area (Å²) in [6, 6.07) is 9.79. The third-order valence-corrected chi connectivity index (χ3v) is 5.53. The van der Waals surface area contributed by atoms with Crippen molar-refractivity contribution in [1.29, 1.82) is 0 Å². The smallest absolute Gasteiger partial charge is 0.508 e. The molecule has 0 saturated heterocycles. The number of nitrogens with one attached hydrogen (secondary N) is 1. The number of aromatic nitrogens is 1. The molecule has 10 heteroatoms. The molecule has 1 unspecified atom stereocenters. The molecular weight excluding hydrogens is 463 g/mol. The molecule has 7 nitrogen and oxygen atoms in total. The van der Waals surface area contributed by atoms with Crippen LogP contribution in [0.4, 0.5) is 18.9 Å². The molecular formula is C25H22F3N3O4. The van der Waals surface area contributed by atoms with E-state index >= 15 is 0 Å². The zero-order chi connectivity index (χ0) is 25.3. The number of halogens is 3. The zero-order valence-electron chi connectivity index (χ0n) is 18.9. The molecule has 1 atom stereocenters. The third-order valence-electron chi connectivity index (χ3n) is 5.53. The highest BCUT2D eigenvalue weighted by molar-refractivity contribution is 6.26. The summed E-state index contributed by atoms with van der Waals surface area (Å²) in [6.45, 7) is 7.39. The second-order valence-electron chi connectivity index (χ2n) is 8.02. The first-order chi connectivity index (χ1) is 16.6. The van der Waals surface area contributed by atoms with Crippen molar-refractivity contribution in [2.45, 2.75) is 32.8 Å². The number of amides is 1. The molecule has 0 bridgehead atoms. The van der Waals surface area contributed by atoms with Gasteiger partial charge >= 0.3 is 6.36 Å². The number of rotatable bonds is 6. The Hall–Kier alpha value is -4.21. The number of alkyl halides is 3. The number of hydrogen-bond donors (Lipinski definition) is 2. The van der Waals surface area contributed by atoms with Gasteiger partial charge in [0.2, 0.25) is 0 Å². The van der Waals surface area contributed by atoms with E-state index in [2.05, 4.69) is 21.8 Å². The zero-order valence-corrected chi connectivity index (χ0v) is 18.9. The van der Waals surface area contributed by atoms with Gasteiger partial charge in [0, 0.05) is 12.7 Å². The maximum atomic E-state index is 13.3. The van der Waals surface area contributed by atoms with E-state index in [1.54, 1.807) is 43.2 Å². The number of hydrogen-bond acceptors (Lipinski definition) is 6. The number of carbonyl (C=O) groups is 1. The Bertz CT molecular complexity index is 1290. The molecule has 3 aromatic rings. The molecule has 0 aliphatic carbocycles. The maximum absolute atomic E-state index is 13.3. The SMILES string of the molecule is C=CC1c2cc(O)ccc2C(C(=O)Nc2c(C)noc2C)=CN1Cc1cccc(OC(F)(F)F)c1. The number of aromatic hydroxyl groups is 1. The van der Waals surface area contributed by atoms with Crippen molar-refractivity contribution in [1.82, 2.24) is 10.1 Å². The van der Waals surface area contributed by atoms with Crippen molar-refractivity contribution in [3.05, 3.63) is 89.5 Å². The van der Waals surface area contributed by atoms with Crippen LogP contribution >= 0.6 is 0 Å². The topological polar surface area (TPSA) is 87.8 Å². The van der Waals surface area contributed by atoms with Crippen LogP contribution in [0.25, 0.3) is 5.57 Å². The lowest BCUT2D eigenvalue weighted by molar-refractivity contribution is -0.274. The minimum absolute atomic E-state index is 0.00325. The Kier molecular flexibility index (Phi) is 6.29. The van der Waals surface area contributed by atoms with Crippen LogP contribution in [0.15, 0.2) is 65.8 Å². The summed E-state index contributed by atoms with van der Waals surface area (Å²) in [6.07, 6.45) is -1.56. The number of anilines is 1. The molecule has 182 valence electrons. The van der Waals surface area contributed by atoms with E-state index in [9.17, 15) is 23.1 Å². The molecule has 35 heavy (non-hydrogen) atoms. The van der Waals surface area contributed by atoms with Crippen LogP contribution in [-0.2, 0) is 11.3 Å². The Labute approximate surface area is 199 Å². The van der Waals surface area contributed by atoms with Gasteiger partial charge in [0.05, 0.1) is 11.6 Å². The van der Waals surface area contributed by atoms with Gasteiger partial charge < -0.3 is 24.6 Å². The Morgan fingerprint density at radius 2 is 2.06 bits per heavy atom. The predicted octanol–water partition coefficient (Wildman–Crippen LogP) is 5.62. The van der Waals surface area contributed by atoms with Crippen molar-refractivity contribution in [2.75, 3.05) is 5.32 Å². The fourth-order valence-corrected chi connectivity index (χ4v) is 4.02. The third kappa shape index (κ3) is 5.16. The number of aryl methyl sites for hydroxylation is 2. The average molecular weight is 485 g/mol. The molecule has 2 N–H and O–H groups in total. The Balaban J connectivity index is 1.72. The fraction of sp³-hybridized carbons (Fsp3) is 0.200. The molecule has 0 saturated carbocycles. The number of nitrogens with zero attached hydrogens (tertiary/aromatic N) is 2. The summed E-state index contributed by atoms with van der Waals surface area (Å²) in [7, 11) is 0. The van der Waals surface area contributed by atoms with Gasteiger partial charge in [0.25, 0.3) is 5.91 Å². The van der Waals surface area contributed by atoms with Gasteiger partial charge in [0.1, 0.15) is 22.9 Å². The molecule has 2 aromatic carbocycles. The second-order valence-corrected chi connectivity index (χ2v) is 8.02. The number of phenolic OH excluding ortho intramolecular Hbond substituents is 1. The molecule has 2 heterocycles. The largest absolute Gasteiger partial charge is 0.573 e. The predicted molar refractivity (Wildman–Crippen MR) is 122 cm³/mol. The van der Waals surface area contributed by atoms with Crippen molar-refractivity contribution < 1.29 is 32.3 Å². The first kappa shape index (κ1) is 23.9. The van der Waals surface area contributed by atoms with E-state index < -0.39 is 18.3 Å². The normalized spacial score (nSPS) is 15.3. The van der Waals surface area contributed by atoms with E-state index in [0.717, 1.165) is 0 Å². The quantitative estimate of drug-likeness (QED) is 0.441. The van der Waals surface area contributed by atoms with Crippen LogP contribution in [0.5, 0.6) is 11.5 Å². The van der Waals surface area contributed by atoms with Crippen LogP contribution in [-0.4, -0.2) is 27.4 Å². The van der Waals surface area contributed by atoms with Crippen molar-refractivity contribution in [3.63, 3.8) is 0 Å². The first-order valence-corrected chi connectivity index (χ1v) is 10.6. The summed E-state index contributed by atoms with van der Waals surface area (Å²) in [4.78, 5) is 15.1. The summed E-state index contributed by atoms with van der Waals surface area (Å²) in [5.41, 5.74) is 2.98. The highest BCUT2D eigenvalue weighted by atomic mass is 19.4. The van der Waals surface area contributed by atoms with E-state index in [-0.39, 0.29) is 18.0 Å². The minimum atomic E-state index is -4.81. The van der Waals surface area contributed by atoms with Gasteiger partial charge in [-0.05, 0) is 54.8 Å². The fourth-order valence-electron chi connectivity index (χ4n) is 4.02. The van der Waals surface area contributed by atoms with Gasteiger partial charge in [-0.25, -0.2) is 0 Å². The number of ether oxygens (including phenoxy) is 1. The van der Waals surface area contributed by atoms with Gasteiger partial charge in [-0.2, -0.15) is 0 Å². The van der Waals surface area contributed by atoms with Crippen LogP contribution in [0.1, 0.15) is 34.2 Å². The monoisotopic (exact) mass is 485 g/mol. The van der Waals surface area contributed by atoms with Gasteiger partial charge in [-0.15, -0.1) is 19.8 Å². The lowest BCUT2D eigenvalue weighted by Crippen LogP contribution is -2.29. The van der Waals surface area contributed by atoms with Gasteiger partial charge in [-0.1, -0.05) is 29.4 Å². The minimum Gasteiger partial charge on any atom is -0.508 e. The number of carbonyl (C=O) groups excluding carboxylic acids is 1. The summed E-state index contributed by atoms with van der Waals surface area (Å²) >= 11 is 0. The van der Waals surface area contributed by atoms with Crippen LogP contribution in [0, 0.1) is 13.8 Å². The molecule has 1 aromatic heterocycles. The lowest BCUT2D eigenvalue weighted by atomic mass is 9.89. The molecule has 1 aliphatic heterocycles. The first-order valence-electron chi connectivity index (χ1n) is 10.6. The summed E-state index contributed by atoms with van der Waals surface area (Å²) < 4.78 is 47.2. The van der Waals surface area contributed by atoms with Gasteiger partial charge in [0.15, 0.2) is 5.76 Å². The average Bonchev–Trinajstić information content (AvgIpc) is 3.09. The second kappa shape index (κ2) is 9.21. The van der Waals surface area contributed by atoms with Crippen molar-refractivity contribution in [2.24, 2.45) is 0 Å². The standard InChI is InChI=1S/C25H22F3N3O4/c1-4-22-20-11-17(32)8-9-19(20)21(24(33)29-23-14(2)30-35-15(23)3)13-31(22)12-16-6-5-7-18(10-16)34-25(26,27)28/h4-11,13,22,32H,1,12H2,2-3H3,(H,29,33). The van der Waals surface area contributed by atoms with Crippen molar-refractivity contribution >= 4 is 17.2 Å². The molecule has 0 spiro atoms. The number of phenols is 1. The molecule has 4 rings (SSSR count). The lowest BCUT2D eigenvalue weighted by Gasteiger charge is -2.35. The highest BCUT2D eigenvalue weighted by Gasteiger charge is 2.32. The molecule has 1 aliphatic rings. The number of fused-ring (bicyclic) bond motifs is 1.